The summed E-state index contributed by atoms with van der Waals surface area (Å²) < 4.78 is 27.6. The summed E-state index contributed by atoms with van der Waals surface area (Å²) in [4.78, 5) is 24.8. The third-order valence-corrected chi connectivity index (χ3v) is 4.30. The van der Waals surface area contributed by atoms with Crippen molar-refractivity contribution < 1.29 is 18.4 Å². The molecule has 1 aromatic heterocycles. The van der Waals surface area contributed by atoms with Crippen molar-refractivity contribution in [1.82, 2.24) is 9.78 Å². The number of aromatic nitrogens is 2. The molecule has 2 aromatic carbocycles. The number of rotatable bonds is 3. The van der Waals surface area contributed by atoms with Crippen LogP contribution >= 0.6 is 0 Å². The molecule has 8 heteroatoms. The van der Waals surface area contributed by atoms with Gasteiger partial charge in [0.25, 0.3) is 0 Å². The first-order valence-electron chi connectivity index (χ1n) is 8.21. The van der Waals surface area contributed by atoms with E-state index < -0.39 is 17.8 Å². The third-order valence-electron chi connectivity index (χ3n) is 4.30. The quantitative estimate of drug-likeness (QED) is 0.744. The van der Waals surface area contributed by atoms with Gasteiger partial charge < -0.3 is 10.6 Å². The Balaban J connectivity index is 1.65. The second kappa shape index (κ2) is 6.64. The fourth-order valence-electron chi connectivity index (χ4n) is 2.97. The molecule has 0 aliphatic carbocycles. The molecule has 0 saturated heterocycles. The van der Waals surface area contributed by atoms with Crippen molar-refractivity contribution in [2.24, 2.45) is 0 Å². The molecule has 0 bridgehead atoms. The Morgan fingerprint density at radius 3 is 2.37 bits per heavy atom. The monoisotopic (exact) mass is 368 g/mol. The van der Waals surface area contributed by atoms with E-state index in [4.69, 9.17) is 0 Å². The van der Waals surface area contributed by atoms with Crippen LogP contribution in [0.2, 0.25) is 0 Å². The Hall–Kier alpha value is -3.55. The lowest BCUT2D eigenvalue weighted by atomic mass is 10.1. The van der Waals surface area contributed by atoms with Gasteiger partial charge >= 0.3 is 0 Å². The largest absolute Gasteiger partial charge is 0.324 e. The second-order valence-corrected chi connectivity index (χ2v) is 6.12. The zero-order valence-electron chi connectivity index (χ0n) is 13.9. The van der Waals surface area contributed by atoms with Gasteiger partial charge in [0.2, 0.25) is 11.8 Å². The predicted molar refractivity (Wildman–Crippen MR) is 94.9 cm³/mol. The number of anilines is 2. The van der Waals surface area contributed by atoms with Crippen LogP contribution in [0.4, 0.5) is 20.3 Å². The van der Waals surface area contributed by atoms with Crippen LogP contribution in [0.25, 0.3) is 11.1 Å². The summed E-state index contributed by atoms with van der Waals surface area (Å²) in [6.45, 7) is 0. The number of benzene rings is 2. The highest BCUT2D eigenvalue weighted by atomic mass is 19.1. The molecule has 1 atom stereocenters. The minimum Gasteiger partial charge on any atom is -0.324 e. The van der Waals surface area contributed by atoms with E-state index in [1.807, 2.05) is 0 Å². The number of hydrogen-bond acceptors (Lipinski definition) is 3. The Morgan fingerprint density at radius 1 is 1.07 bits per heavy atom. The molecule has 0 fully saturated rings. The van der Waals surface area contributed by atoms with Gasteiger partial charge in [-0.15, -0.1) is 0 Å². The zero-order chi connectivity index (χ0) is 19.0. The first-order valence-corrected chi connectivity index (χ1v) is 8.21. The molecule has 0 saturated carbocycles. The molecule has 1 unspecified atom stereocenters. The normalized spacial score (nSPS) is 15.8. The summed E-state index contributed by atoms with van der Waals surface area (Å²) in [6.07, 6.45) is 1.44. The fraction of sp³-hybridized carbons (Fsp3) is 0.105. The summed E-state index contributed by atoms with van der Waals surface area (Å²) in [6, 6.07) is 10.2. The number of carbonyl (C=O) groups excluding carboxylic acids is 2. The number of halogens is 2. The van der Waals surface area contributed by atoms with Gasteiger partial charge in [0.05, 0.1) is 12.6 Å². The van der Waals surface area contributed by atoms with Crippen molar-refractivity contribution in [3.8, 4) is 11.1 Å². The lowest BCUT2D eigenvalue weighted by Gasteiger charge is -2.24. The van der Waals surface area contributed by atoms with E-state index in [1.54, 1.807) is 12.1 Å². The Morgan fingerprint density at radius 2 is 1.70 bits per heavy atom. The van der Waals surface area contributed by atoms with Crippen LogP contribution in [0.15, 0.2) is 54.7 Å². The van der Waals surface area contributed by atoms with Gasteiger partial charge in [-0.05, 0) is 42.0 Å². The molecule has 2 amide bonds. The lowest BCUT2D eigenvalue weighted by Crippen LogP contribution is -2.35. The van der Waals surface area contributed by atoms with E-state index in [1.165, 1.54) is 47.3 Å². The van der Waals surface area contributed by atoms with Gasteiger partial charge in [0.15, 0.2) is 0 Å². The number of nitrogens with zero attached hydrogens (tertiary/aromatic N) is 2. The van der Waals surface area contributed by atoms with Crippen LogP contribution < -0.4 is 10.6 Å². The maximum Gasteiger partial charge on any atom is 0.249 e. The van der Waals surface area contributed by atoms with Crippen LogP contribution in [0.5, 0.6) is 0 Å². The topological polar surface area (TPSA) is 76.0 Å². The average molecular weight is 368 g/mol. The molecular formula is C19H14F2N4O2. The zero-order valence-corrected chi connectivity index (χ0v) is 13.9. The predicted octanol–water partition coefficient (Wildman–Crippen LogP) is 3.35. The highest BCUT2D eigenvalue weighted by molar-refractivity contribution is 6.03. The smallest absolute Gasteiger partial charge is 0.249 e. The number of fused-ring (bicyclic) bond motifs is 1. The number of carbonyl (C=O) groups is 2. The Bertz CT molecular complexity index is 1010. The first kappa shape index (κ1) is 16.9. The highest BCUT2D eigenvalue weighted by Gasteiger charge is 2.33. The molecule has 0 radical (unpaired) electrons. The minimum atomic E-state index is -0.854. The van der Waals surface area contributed by atoms with Crippen molar-refractivity contribution in [1.29, 1.82) is 0 Å². The van der Waals surface area contributed by atoms with Crippen LogP contribution in [0, 0.1) is 11.6 Å². The average Bonchev–Trinajstić information content (AvgIpc) is 3.07. The molecule has 2 heterocycles. The first-order chi connectivity index (χ1) is 13.0. The lowest BCUT2D eigenvalue weighted by molar-refractivity contribution is -0.125. The van der Waals surface area contributed by atoms with E-state index >= 15 is 0 Å². The molecule has 1 aliphatic heterocycles. The standard InChI is InChI=1S/C19H14F2N4O2/c20-12-3-1-11(2-4-12)15-10-22-25-16(9-17(26)24-18(15)25)19(27)23-14-7-5-13(21)6-8-14/h1-8,10,16H,9H2,(H,23,27)(H,24,26). The van der Waals surface area contributed by atoms with Gasteiger partial charge in [0.1, 0.15) is 23.5 Å². The van der Waals surface area contributed by atoms with Gasteiger partial charge in [-0.2, -0.15) is 5.10 Å². The number of amides is 2. The van der Waals surface area contributed by atoms with Crippen LogP contribution in [0.3, 0.4) is 0 Å². The van der Waals surface area contributed by atoms with E-state index in [9.17, 15) is 18.4 Å². The molecule has 6 nitrogen and oxygen atoms in total. The SMILES string of the molecule is O=C1CC(C(=O)Nc2ccc(F)cc2)n2ncc(-c3ccc(F)cc3)c2N1. The number of nitrogens with one attached hydrogen (secondary N) is 2. The molecule has 3 aromatic rings. The summed E-state index contributed by atoms with van der Waals surface area (Å²) in [5.74, 6) is -1.18. The summed E-state index contributed by atoms with van der Waals surface area (Å²) >= 11 is 0. The fourth-order valence-corrected chi connectivity index (χ4v) is 2.97. The van der Waals surface area contributed by atoms with E-state index in [0.717, 1.165) is 0 Å². The summed E-state index contributed by atoms with van der Waals surface area (Å²) in [5.41, 5.74) is 1.67. The minimum absolute atomic E-state index is 0.0788. The molecule has 1 aliphatic rings. The molecule has 0 spiro atoms. The van der Waals surface area contributed by atoms with Gasteiger partial charge in [-0.3, -0.25) is 9.59 Å². The maximum absolute atomic E-state index is 13.2. The van der Waals surface area contributed by atoms with Gasteiger partial charge in [-0.25, -0.2) is 13.5 Å². The molecule has 136 valence electrons. The van der Waals surface area contributed by atoms with Crippen molar-refractivity contribution in [2.45, 2.75) is 12.5 Å². The highest BCUT2D eigenvalue weighted by Crippen LogP contribution is 2.34. The Kier molecular flexibility index (Phi) is 4.15. The van der Waals surface area contributed by atoms with Gasteiger partial charge in [0, 0.05) is 11.3 Å². The van der Waals surface area contributed by atoms with Crippen LogP contribution in [0.1, 0.15) is 12.5 Å². The third kappa shape index (κ3) is 3.29. The Labute approximate surface area is 152 Å². The van der Waals surface area contributed by atoms with Crippen molar-refractivity contribution >= 4 is 23.3 Å². The van der Waals surface area contributed by atoms with Crippen molar-refractivity contribution in [3.05, 3.63) is 66.4 Å². The van der Waals surface area contributed by atoms with Crippen LogP contribution in [-0.4, -0.2) is 21.6 Å². The molecule has 4 rings (SSSR count). The van der Waals surface area contributed by atoms with E-state index in [-0.39, 0.29) is 18.1 Å². The maximum atomic E-state index is 13.2. The van der Waals surface area contributed by atoms with E-state index in [2.05, 4.69) is 15.7 Å². The van der Waals surface area contributed by atoms with Gasteiger partial charge in [-0.1, -0.05) is 12.1 Å². The molecule has 27 heavy (non-hydrogen) atoms. The van der Waals surface area contributed by atoms with Crippen molar-refractivity contribution in [2.75, 3.05) is 10.6 Å². The summed E-state index contributed by atoms with van der Waals surface area (Å²) in [5, 5.41) is 9.61. The number of hydrogen-bond donors (Lipinski definition) is 2. The van der Waals surface area contributed by atoms with E-state index in [0.29, 0.717) is 22.6 Å². The van der Waals surface area contributed by atoms with Crippen LogP contribution in [-0.2, 0) is 9.59 Å². The molecule has 2 N–H and O–H groups in total. The summed E-state index contributed by atoms with van der Waals surface area (Å²) in [7, 11) is 0. The molecular weight excluding hydrogens is 354 g/mol. The van der Waals surface area contributed by atoms with Crippen molar-refractivity contribution in [3.63, 3.8) is 0 Å². The second-order valence-electron chi connectivity index (χ2n) is 6.12.